The number of alkyl halides is 1. The number of carbonyl (C=O) groups excluding carboxylic acids is 1. The minimum Gasteiger partial charge on any atom is -0.427 e. The zero-order valence-corrected chi connectivity index (χ0v) is 7.47. The molecule has 1 aromatic rings. The van der Waals surface area contributed by atoms with E-state index in [9.17, 15) is 4.79 Å². The van der Waals surface area contributed by atoms with Crippen molar-refractivity contribution in [3.8, 4) is 5.75 Å². The van der Waals surface area contributed by atoms with Crippen LogP contribution in [0.2, 0.25) is 0 Å². The molecule has 0 aliphatic rings. The van der Waals surface area contributed by atoms with Crippen molar-refractivity contribution in [2.24, 2.45) is 0 Å². The van der Waals surface area contributed by atoms with Crippen LogP contribution in [0.4, 0.5) is 0 Å². The van der Waals surface area contributed by atoms with Gasteiger partial charge in [-0.25, -0.2) is 0 Å². The summed E-state index contributed by atoms with van der Waals surface area (Å²) < 4.78 is 4.86. The van der Waals surface area contributed by atoms with Gasteiger partial charge in [-0.3, -0.25) is 4.79 Å². The molecule has 64 valence electrons. The van der Waals surface area contributed by atoms with Crippen LogP contribution in [-0.4, -0.2) is 5.97 Å². The van der Waals surface area contributed by atoms with Crippen LogP contribution in [0, 0.1) is 0 Å². The Kier molecular flexibility index (Phi) is 3.11. The third-order valence-corrected chi connectivity index (χ3v) is 1.62. The van der Waals surface area contributed by atoms with Crippen molar-refractivity contribution in [1.29, 1.82) is 0 Å². The highest BCUT2D eigenvalue weighted by molar-refractivity contribution is 6.17. The number of esters is 1. The number of hydrogen-bond acceptors (Lipinski definition) is 2. The predicted molar refractivity (Wildman–Crippen MR) is 47.3 cm³/mol. The van der Waals surface area contributed by atoms with Gasteiger partial charge in [0, 0.05) is 12.8 Å². The summed E-state index contributed by atoms with van der Waals surface area (Å²) in [6, 6.07) is 7.14. The normalized spacial score (nSPS) is 9.50. The van der Waals surface area contributed by atoms with Crippen molar-refractivity contribution < 1.29 is 9.53 Å². The Bertz CT molecular complexity index is 284. The molecule has 0 bridgehead atoms. The first-order valence-electron chi connectivity index (χ1n) is 3.55. The van der Waals surface area contributed by atoms with Crippen LogP contribution in [0.5, 0.6) is 5.75 Å². The van der Waals surface area contributed by atoms with E-state index in [4.69, 9.17) is 16.3 Å². The Hall–Kier alpha value is -1.02. The first kappa shape index (κ1) is 9.07. The molecule has 0 aliphatic heterocycles. The number of benzene rings is 1. The van der Waals surface area contributed by atoms with E-state index in [1.54, 1.807) is 18.2 Å². The highest BCUT2D eigenvalue weighted by atomic mass is 35.5. The van der Waals surface area contributed by atoms with Crippen molar-refractivity contribution in [2.45, 2.75) is 12.8 Å². The number of hydrogen-bond donors (Lipinski definition) is 0. The Morgan fingerprint density at radius 1 is 1.58 bits per heavy atom. The summed E-state index contributed by atoms with van der Waals surface area (Å²) >= 11 is 5.59. The van der Waals surface area contributed by atoms with Gasteiger partial charge in [0.25, 0.3) is 0 Å². The molecule has 0 spiro atoms. The Morgan fingerprint density at radius 2 is 2.33 bits per heavy atom. The predicted octanol–water partition coefficient (Wildman–Crippen LogP) is 2.35. The Morgan fingerprint density at radius 3 is 2.92 bits per heavy atom. The maximum atomic E-state index is 10.6. The molecule has 0 aliphatic carbocycles. The topological polar surface area (TPSA) is 26.3 Å². The van der Waals surface area contributed by atoms with Crippen LogP contribution in [-0.2, 0) is 10.7 Å². The van der Waals surface area contributed by atoms with Crippen LogP contribution in [0.25, 0.3) is 0 Å². The smallest absolute Gasteiger partial charge is 0.308 e. The second kappa shape index (κ2) is 4.12. The molecule has 2 nitrogen and oxygen atoms in total. The molecule has 0 aromatic heterocycles. The summed E-state index contributed by atoms with van der Waals surface area (Å²) in [6.45, 7) is 1.37. The van der Waals surface area contributed by atoms with Gasteiger partial charge >= 0.3 is 5.97 Å². The largest absolute Gasteiger partial charge is 0.427 e. The molecule has 0 atom stereocenters. The van der Waals surface area contributed by atoms with Crippen molar-refractivity contribution in [2.75, 3.05) is 0 Å². The minimum absolute atomic E-state index is 0.318. The summed E-state index contributed by atoms with van der Waals surface area (Å²) in [4.78, 5) is 10.6. The summed E-state index contributed by atoms with van der Waals surface area (Å²) in [7, 11) is 0. The van der Waals surface area contributed by atoms with E-state index in [-0.39, 0.29) is 5.97 Å². The maximum absolute atomic E-state index is 10.6. The van der Waals surface area contributed by atoms with Gasteiger partial charge < -0.3 is 4.74 Å². The number of ether oxygens (including phenoxy) is 1. The summed E-state index contributed by atoms with van der Waals surface area (Å²) in [5, 5.41) is 0. The maximum Gasteiger partial charge on any atom is 0.308 e. The monoisotopic (exact) mass is 184 g/mol. The second-order valence-corrected chi connectivity index (χ2v) is 2.64. The van der Waals surface area contributed by atoms with Crippen molar-refractivity contribution >= 4 is 17.6 Å². The van der Waals surface area contributed by atoms with Gasteiger partial charge in [-0.2, -0.15) is 0 Å². The fourth-order valence-electron chi connectivity index (χ4n) is 0.858. The first-order valence-corrected chi connectivity index (χ1v) is 4.09. The molecule has 1 aromatic carbocycles. The summed E-state index contributed by atoms with van der Waals surface area (Å²) in [6.07, 6.45) is 0. The minimum atomic E-state index is -0.318. The highest BCUT2D eigenvalue weighted by Gasteiger charge is 1.97. The summed E-state index contributed by atoms with van der Waals surface area (Å²) in [5.41, 5.74) is 0.940. The fraction of sp³-hybridized carbons (Fsp3) is 0.222. The number of halogens is 1. The Balaban J connectivity index is 2.79. The van der Waals surface area contributed by atoms with Gasteiger partial charge in [0.05, 0.1) is 0 Å². The van der Waals surface area contributed by atoms with Gasteiger partial charge in [0.1, 0.15) is 5.75 Å². The fourth-order valence-corrected chi connectivity index (χ4v) is 1.02. The lowest BCUT2D eigenvalue weighted by molar-refractivity contribution is -0.131. The molecule has 0 unspecified atom stereocenters. The van der Waals surface area contributed by atoms with E-state index < -0.39 is 0 Å². The second-order valence-electron chi connectivity index (χ2n) is 2.37. The molecule has 0 amide bonds. The average molecular weight is 185 g/mol. The third kappa shape index (κ3) is 2.55. The zero-order valence-electron chi connectivity index (χ0n) is 6.71. The van der Waals surface area contributed by atoms with Gasteiger partial charge in [0.2, 0.25) is 0 Å². The molecular weight excluding hydrogens is 176 g/mol. The standard InChI is InChI=1S/C9H9ClO2/c1-7(11)12-9-4-2-3-8(5-9)6-10/h2-5H,6H2,1H3. The molecule has 0 saturated heterocycles. The molecule has 0 saturated carbocycles. The van der Waals surface area contributed by atoms with E-state index in [2.05, 4.69) is 0 Å². The number of carbonyl (C=O) groups is 1. The molecular formula is C9H9ClO2. The molecule has 0 radical (unpaired) electrons. The van der Waals surface area contributed by atoms with E-state index >= 15 is 0 Å². The molecule has 3 heteroatoms. The van der Waals surface area contributed by atoms with Crippen LogP contribution < -0.4 is 4.74 Å². The van der Waals surface area contributed by atoms with Crippen molar-refractivity contribution in [1.82, 2.24) is 0 Å². The molecule has 1 rings (SSSR count). The van der Waals surface area contributed by atoms with Gasteiger partial charge in [-0.05, 0) is 17.7 Å². The third-order valence-electron chi connectivity index (χ3n) is 1.31. The Labute approximate surface area is 76.1 Å². The lowest BCUT2D eigenvalue weighted by Gasteiger charge is -2.01. The van der Waals surface area contributed by atoms with Crippen LogP contribution in [0.3, 0.4) is 0 Å². The van der Waals surface area contributed by atoms with Crippen molar-refractivity contribution in [3.63, 3.8) is 0 Å². The van der Waals surface area contributed by atoms with Crippen molar-refractivity contribution in [3.05, 3.63) is 29.8 Å². The molecule has 0 N–H and O–H groups in total. The van der Waals surface area contributed by atoms with E-state index in [1.165, 1.54) is 6.92 Å². The van der Waals surface area contributed by atoms with E-state index in [1.807, 2.05) is 6.07 Å². The zero-order chi connectivity index (χ0) is 8.97. The lowest BCUT2D eigenvalue weighted by Crippen LogP contribution is -2.01. The van der Waals surface area contributed by atoms with Gasteiger partial charge in [-0.1, -0.05) is 12.1 Å². The first-order chi connectivity index (χ1) is 5.72. The van der Waals surface area contributed by atoms with Crippen LogP contribution >= 0.6 is 11.6 Å². The van der Waals surface area contributed by atoms with Crippen LogP contribution in [0.15, 0.2) is 24.3 Å². The molecule has 0 heterocycles. The SMILES string of the molecule is CC(=O)Oc1cccc(CCl)c1. The lowest BCUT2D eigenvalue weighted by atomic mass is 10.2. The van der Waals surface area contributed by atoms with E-state index in [0.29, 0.717) is 11.6 Å². The average Bonchev–Trinajstić information content (AvgIpc) is 2.03. The van der Waals surface area contributed by atoms with Gasteiger partial charge in [-0.15, -0.1) is 11.6 Å². The number of rotatable bonds is 2. The van der Waals surface area contributed by atoms with E-state index in [0.717, 1.165) is 5.56 Å². The highest BCUT2D eigenvalue weighted by Crippen LogP contribution is 2.14. The van der Waals surface area contributed by atoms with Crippen LogP contribution in [0.1, 0.15) is 12.5 Å². The quantitative estimate of drug-likeness (QED) is 0.401. The van der Waals surface area contributed by atoms with Gasteiger partial charge in [0.15, 0.2) is 0 Å². The summed E-state index contributed by atoms with van der Waals surface area (Å²) in [5.74, 6) is 0.650. The molecule has 0 fully saturated rings. The molecule has 12 heavy (non-hydrogen) atoms.